The van der Waals surface area contributed by atoms with E-state index in [1.165, 1.54) is 32.5 Å². The van der Waals surface area contributed by atoms with Crippen LogP contribution in [-0.4, -0.2) is 63.3 Å². The number of rotatable bonds is 9. The summed E-state index contributed by atoms with van der Waals surface area (Å²) in [7, 11) is 0. The number of nitrogens with one attached hydrogen (secondary N) is 2. The highest BCUT2D eigenvalue weighted by Gasteiger charge is 2.09. The van der Waals surface area contributed by atoms with E-state index in [1.807, 2.05) is 6.92 Å². The Kier molecular flexibility index (Phi) is 13.8. The predicted octanol–water partition coefficient (Wildman–Crippen LogP) is 1.68. The third kappa shape index (κ3) is 9.77. The number of halogens is 1. The van der Waals surface area contributed by atoms with Crippen LogP contribution in [0.15, 0.2) is 4.99 Å². The number of guanidine groups is 1. The second-order valence-electron chi connectivity index (χ2n) is 4.79. The van der Waals surface area contributed by atoms with Crippen LogP contribution in [0.3, 0.4) is 0 Å². The molecule has 1 saturated heterocycles. The maximum atomic E-state index is 5.30. The lowest BCUT2D eigenvalue weighted by molar-refractivity contribution is 0.152. The third-order valence-corrected chi connectivity index (χ3v) is 3.19. The molecule has 1 fully saturated rings. The molecule has 0 unspecified atom stereocenters. The number of likely N-dealkylation sites (tertiary alicyclic amines) is 1. The molecule has 1 aliphatic heterocycles. The van der Waals surface area contributed by atoms with E-state index in [1.54, 1.807) is 0 Å². The fourth-order valence-corrected chi connectivity index (χ4v) is 2.22. The Morgan fingerprint density at radius 1 is 1.20 bits per heavy atom. The molecule has 0 amide bonds. The average molecular weight is 398 g/mol. The molecular weight excluding hydrogens is 367 g/mol. The summed E-state index contributed by atoms with van der Waals surface area (Å²) in [5.41, 5.74) is 0. The normalized spacial score (nSPS) is 16.0. The zero-order valence-electron chi connectivity index (χ0n) is 13.0. The number of hydrogen-bond acceptors (Lipinski definition) is 3. The minimum absolute atomic E-state index is 0. The first kappa shape index (κ1) is 19.9. The summed E-state index contributed by atoms with van der Waals surface area (Å²) in [4.78, 5) is 7.12. The van der Waals surface area contributed by atoms with Crippen LogP contribution in [0.25, 0.3) is 0 Å². The molecule has 0 atom stereocenters. The largest absolute Gasteiger partial charge is 0.380 e. The smallest absolute Gasteiger partial charge is 0.191 e. The van der Waals surface area contributed by atoms with E-state index >= 15 is 0 Å². The first-order valence-corrected chi connectivity index (χ1v) is 7.69. The molecule has 1 rings (SSSR count). The molecule has 5 nitrogen and oxygen atoms in total. The Hall–Kier alpha value is -0.0800. The molecule has 6 heteroatoms. The van der Waals surface area contributed by atoms with Gasteiger partial charge < -0.3 is 20.3 Å². The van der Waals surface area contributed by atoms with Crippen LogP contribution < -0.4 is 10.6 Å². The molecular formula is C14H31IN4O. The van der Waals surface area contributed by atoms with Gasteiger partial charge in [-0.3, -0.25) is 4.99 Å². The predicted molar refractivity (Wildman–Crippen MR) is 96.2 cm³/mol. The molecule has 120 valence electrons. The van der Waals surface area contributed by atoms with Crippen LogP contribution in [0.5, 0.6) is 0 Å². The number of aliphatic imine (C=N–C) groups is 1. The summed E-state index contributed by atoms with van der Waals surface area (Å²) >= 11 is 0. The molecule has 1 heterocycles. The van der Waals surface area contributed by atoms with Crippen LogP contribution in [0, 0.1) is 0 Å². The monoisotopic (exact) mass is 398 g/mol. The zero-order chi connectivity index (χ0) is 13.8. The zero-order valence-corrected chi connectivity index (χ0v) is 15.3. The fraction of sp³-hybridized carbons (Fsp3) is 0.929. The summed E-state index contributed by atoms with van der Waals surface area (Å²) in [6.07, 6.45) is 3.87. The average Bonchev–Trinajstić information content (AvgIpc) is 2.92. The van der Waals surface area contributed by atoms with Crippen molar-refractivity contribution in [2.75, 3.05) is 52.5 Å². The first-order valence-electron chi connectivity index (χ1n) is 7.69. The van der Waals surface area contributed by atoms with Gasteiger partial charge in [-0.25, -0.2) is 0 Å². The molecule has 0 radical (unpaired) electrons. The topological polar surface area (TPSA) is 48.9 Å². The van der Waals surface area contributed by atoms with E-state index in [0.717, 1.165) is 45.2 Å². The van der Waals surface area contributed by atoms with E-state index < -0.39 is 0 Å². The van der Waals surface area contributed by atoms with Gasteiger partial charge in [-0.2, -0.15) is 0 Å². The third-order valence-electron chi connectivity index (χ3n) is 3.19. The van der Waals surface area contributed by atoms with Crippen molar-refractivity contribution in [1.29, 1.82) is 0 Å². The van der Waals surface area contributed by atoms with Crippen molar-refractivity contribution >= 4 is 29.9 Å². The molecule has 0 aliphatic carbocycles. The Balaban J connectivity index is 0.00000361. The molecule has 0 aromatic rings. The van der Waals surface area contributed by atoms with Crippen molar-refractivity contribution in [2.24, 2.45) is 4.99 Å². The van der Waals surface area contributed by atoms with Gasteiger partial charge in [0.05, 0.1) is 6.61 Å². The fourth-order valence-electron chi connectivity index (χ4n) is 2.22. The summed E-state index contributed by atoms with van der Waals surface area (Å²) in [5.74, 6) is 0.906. The molecule has 1 aliphatic rings. The minimum atomic E-state index is 0. The number of ether oxygens (including phenoxy) is 1. The lowest BCUT2D eigenvalue weighted by atomic mass is 10.4. The van der Waals surface area contributed by atoms with E-state index in [2.05, 4.69) is 27.4 Å². The number of hydrogen-bond donors (Lipinski definition) is 2. The van der Waals surface area contributed by atoms with Crippen molar-refractivity contribution in [3.05, 3.63) is 0 Å². The summed E-state index contributed by atoms with van der Waals surface area (Å²) < 4.78 is 5.30. The van der Waals surface area contributed by atoms with Crippen LogP contribution >= 0.6 is 24.0 Å². The van der Waals surface area contributed by atoms with Crippen molar-refractivity contribution in [2.45, 2.75) is 33.1 Å². The molecule has 0 spiro atoms. The van der Waals surface area contributed by atoms with Crippen LogP contribution in [-0.2, 0) is 4.74 Å². The molecule has 0 aromatic heterocycles. The minimum Gasteiger partial charge on any atom is -0.380 e. The van der Waals surface area contributed by atoms with Gasteiger partial charge in [0.15, 0.2) is 5.96 Å². The van der Waals surface area contributed by atoms with Crippen molar-refractivity contribution < 1.29 is 4.74 Å². The summed E-state index contributed by atoms with van der Waals surface area (Å²) in [5, 5.41) is 6.54. The highest BCUT2D eigenvalue weighted by molar-refractivity contribution is 14.0. The second kappa shape index (κ2) is 13.9. The molecule has 0 saturated carbocycles. The molecule has 2 N–H and O–H groups in total. The Morgan fingerprint density at radius 2 is 1.95 bits per heavy atom. The first-order chi connectivity index (χ1) is 9.36. The van der Waals surface area contributed by atoms with Gasteiger partial charge >= 0.3 is 0 Å². The van der Waals surface area contributed by atoms with Crippen molar-refractivity contribution in [3.63, 3.8) is 0 Å². The van der Waals surface area contributed by atoms with Gasteiger partial charge in [-0.05, 0) is 52.7 Å². The highest BCUT2D eigenvalue weighted by atomic mass is 127. The van der Waals surface area contributed by atoms with Crippen LogP contribution in [0.4, 0.5) is 0 Å². The molecule has 0 aromatic carbocycles. The Morgan fingerprint density at radius 3 is 2.60 bits per heavy atom. The van der Waals surface area contributed by atoms with E-state index in [9.17, 15) is 0 Å². The van der Waals surface area contributed by atoms with Crippen molar-refractivity contribution in [1.82, 2.24) is 15.5 Å². The van der Waals surface area contributed by atoms with Gasteiger partial charge in [0.25, 0.3) is 0 Å². The van der Waals surface area contributed by atoms with E-state index in [0.29, 0.717) is 0 Å². The maximum absolute atomic E-state index is 5.30. The van der Waals surface area contributed by atoms with Gasteiger partial charge in [0.1, 0.15) is 0 Å². The molecule has 20 heavy (non-hydrogen) atoms. The highest BCUT2D eigenvalue weighted by Crippen LogP contribution is 2.07. The standard InChI is InChI=1S/C14H30N4O.HI/c1-3-15-14(17-9-13-19-4-2)16-8-7-12-18-10-5-6-11-18;/h3-13H2,1-2H3,(H2,15,16,17);1H. The molecule has 0 bridgehead atoms. The lowest BCUT2D eigenvalue weighted by Gasteiger charge is -2.14. The van der Waals surface area contributed by atoms with Gasteiger partial charge in [-0.1, -0.05) is 0 Å². The van der Waals surface area contributed by atoms with Crippen molar-refractivity contribution in [3.8, 4) is 0 Å². The van der Waals surface area contributed by atoms with E-state index in [-0.39, 0.29) is 24.0 Å². The van der Waals surface area contributed by atoms with Crippen LogP contribution in [0.2, 0.25) is 0 Å². The van der Waals surface area contributed by atoms with Gasteiger partial charge in [0.2, 0.25) is 0 Å². The maximum Gasteiger partial charge on any atom is 0.191 e. The lowest BCUT2D eigenvalue weighted by Crippen LogP contribution is -2.39. The van der Waals surface area contributed by atoms with Gasteiger partial charge in [0, 0.05) is 26.2 Å². The summed E-state index contributed by atoms with van der Waals surface area (Å²) in [6.45, 7) is 11.9. The SMILES string of the molecule is CCNC(=NCCCN1CCCC1)NCCOCC.I. The Labute approximate surface area is 140 Å². The van der Waals surface area contributed by atoms with Gasteiger partial charge in [-0.15, -0.1) is 24.0 Å². The Bertz CT molecular complexity index is 245. The number of nitrogens with zero attached hydrogens (tertiary/aromatic N) is 2. The van der Waals surface area contributed by atoms with E-state index in [4.69, 9.17) is 4.74 Å². The second-order valence-corrected chi connectivity index (χ2v) is 4.79. The summed E-state index contributed by atoms with van der Waals surface area (Å²) in [6, 6.07) is 0. The van der Waals surface area contributed by atoms with Crippen LogP contribution in [0.1, 0.15) is 33.1 Å². The quantitative estimate of drug-likeness (QED) is 0.269.